The van der Waals surface area contributed by atoms with E-state index in [0.717, 1.165) is 22.0 Å². The summed E-state index contributed by atoms with van der Waals surface area (Å²) >= 11 is 7.58. The van der Waals surface area contributed by atoms with Crippen molar-refractivity contribution in [3.05, 3.63) is 112 Å². The lowest BCUT2D eigenvalue weighted by atomic mass is 10.1. The number of halogens is 1. The Hall–Kier alpha value is -3.94. The van der Waals surface area contributed by atoms with Crippen LogP contribution in [0.15, 0.2) is 94.7 Å². The number of amidine groups is 2. The van der Waals surface area contributed by atoms with Crippen LogP contribution in [0.3, 0.4) is 0 Å². The van der Waals surface area contributed by atoms with E-state index in [9.17, 15) is 4.79 Å². The SMILES string of the molecule is Cc1ccccc1Cn1cc(/C=C2/C(=N)N3N=C(c4ccccc4Cl)SC3=NC2=O)c2ccccc21. The topological polar surface area (TPSA) is 73.8 Å². The number of nitrogens with one attached hydrogen (secondary N) is 1. The number of hydrogen-bond acceptors (Lipinski definition) is 4. The van der Waals surface area contributed by atoms with Gasteiger partial charge in [-0.15, -0.1) is 0 Å². The Kier molecular flexibility index (Phi) is 5.59. The molecule has 0 fully saturated rings. The molecule has 0 radical (unpaired) electrons. The number of rotatable bonds is 4. The van der Waals surface area contributed by atoms with Crippen molar-refractivity contribution in [2.75, 3.05) is 0 Å². The number of hydrogen-bond donors (Lipinski definition) is 1. The van der Waals surface area contributed by atoms with Crippen LogP contribution in [0, 0.1) is 12.3 Å². The van der Waals surface area contributed by atoms with E-state index in [0.29, 0.717) is 21.8 Å². The molecule has 1 N–H and O–H groups in total. The van der Waals surface area contributed by atoms with Gasteiger partial charge in [-0.1, -0.05) is 72.3 Å². The van der Waals surface area contributed by atoms with Crippen molar-refractivity contribution in [3.8, 4) is 0 Å². The van der Waals surface area contributed by atoms with Crippen LogP contribution < -0.4 is 0 Å². The average molecular weight is 510 g/mol. The molecule has 176 valence electrons. The largest absolute Gasteiger partial charge is 0.342 e. The van der Waals surface area contributed by atoms with E-state index < -0.39 is 5.91 Å². The Morgan fingerprint density at radius 1 is 1.03 bits per heavy atom. The molecule has 0 saturated heterocycles. The molecule has 0 spiro atoms. The van der Waals surface area contributed by atoms with Crippen LogP contribution in [-0.2, 0) is 11.3 Å². The van der Waals surface area contributed by atoms with Gasteiger partial charge in [0.25, 0.3) is 5.91 Å². The maximum Gasteiger partial charge on any atom is 0.283 e. The summed E-state index contributed by atoms with van der Waals surface area (Å²) in [7, 11) is 0. The van der Waals surface area contributed by atoms with Gasteiger partial charge in [0.15, 0.2) is 5.84 Å². The van der Waals surface area contributed by atoms with E-state index in [1.165, 1.54) is 27.9 Å². The van der Waals surface area contributed by atoms with Crippen LogP contribution in [0.1, 0.15) is 22.3 Å². The van der Waals surface area contributed by atoms with Crippen molar-refractivity contribution >= 4 is 62.3 Å². The molecular formula is C28H20ClN5OS. The van der Waals surface area contributed by atoms with E-state index >= 15 is 0 Å². The fourth-order valence-corrected chi connectivity index (χ4v) is 5.59. The van der Waals surface area contributed by atoms with Crippen molar-refractivity contribution in [1.29, 1.82) is 5.41 Å². The van der Waals surface area contributed by atoms with Gasteiger partial charge in [-0.05, 0) is 48.0 Å². The van der Waals surface area contributed by atoms with Crippen molar-refractivity contribution in [1.82, 2.24) is 9.58 Å². The summed E-state index contributed by atoms with van der Waals surface area (Å²) in [4.78, 5) is 17.3. The first-order chi connectivity index (χ1) is 17.5. The molecule has 0 aliphatic carbocycles. The molecule has 2 aliphatic heterocycles. The van der Waals surface area contributed by atoms with E-state index in [1.54, 1.807) is 12.1 Å². The lowest BCUT2D eigenvalue weighted by molar-refractivity contribution is -0.114. The molecule has 0 atom stereocenters. The van der Waals surface area contributed by atoms with Crippen molar-refractivity contribution in [3.63, 3.8) is 0 Å². The van der Waals surface area contributed by atoms with E-state index in [4.69, 9.17) is 17.0 Å². The number of fused-ring (bicyclic) bond motifs is 2. The first-order valence-corrected chi connectivity index (χ1v) is 12.6. The van der Waals surface area contributed by atoms with Gasteiger partial charge in [-0.3, -0.25) is 10.2 Å². The average Bonchev–Trinajstić information content (AvgIpc) is 3.45. The molecule has 2 aliphatic rings. The molecule has 4 aromatic rings. The maximum absolute atomic E-state index is 13.0. The number of carbonyl (C=O) groups excluding carboxylic acids is 1. The predicted molar refractivity (Wildman–Crippen MR) is 148 cm³/mol. The van der Waals surface area contributed by atoms with Gasteiger partial charge in [-0.25, -0.2) is 0 Å². The quantitative estimate of drug-likeness (QED) is 0.327. The summed E-state index contributed by atoms with van der Waals surface area (Å²) in [5.41, 5.74) is 5.30. The third-order valence-corrected chi connectivity index (χ3v) is 7.55. The first kappa shape index (κ1) is 22.5. The zero-order valence-corrected chi connectivity index (χ0v) is 20.8. The molecular weight excluding hydrogens is 490 g/mol. The number of thioether (sulfide) groups is 1. The predicted octanol–water partition coefficient (Wildman–Crippen LogP) is 6.32. The number of aryl methyl sites for hydroxylation is 1. The number of aliphatic imine (C=N–C) groups is 1. The fourth-order valence-electron chi connectivity index (χ4n) is 4.38. The number of carbonyl (C=O) groups is 1. The van der Waals surface area contributed by atoms with Crippen LogP contribution >= 0.6 is 23.4 Å². The number of para-hydroxylation sites is 1. The van der Waals surface area contributed by atoms with Crippen molar-refractivity contribution in [2.45, 2.75) is 13.5 Å². The standard InChI is InChI=1S/C28H20ClN5OS/c1-17-8-2-3-9-18(17)15-33-16-19(20-10-5-7-13-24(20)33)14-22-25(30)34-28(31-26(22)35)36-27(32-34)21-11-4-6-12-23(21)29/h2-14,16,30H,15H2,1H3/b22-14-,30-25?. The molecule has 36 heavy (non-hydrogen) atoms. The molecule has 3 heterocycles. The number of hydrazone groups is 1. The molecule has 1 amide bonds. The molecule has 1 aromatic heterocycles. The van der Waals surface area contributed by atoms with Gasteiger partial charge in [0.05, 0.1) is 10.6 Å². The minimum Gasteiger partial charge on any atom is -0.342 e. The number of amides is 1. The zero-order valence-electron chi connectivity index (χ0n) is 19.3. The minimum absolute atomic E-state index is 0.00436. The highest BCUT2D eigenvalue weighted by Gasteiger charge is 2.36. The monoisotopic (exact) mass is 509 g/mol. The number of aromatic nitrogens is 1. The summed E-state index contributed by atoms with van der Waals surface area (Å²) in [6, 6.07) is 23.7. The lowest BCUT2D eigenvalue weighted by Gasteiger charge is -2.20. The van der Waals surface area contributed by atoms with Gasteiger partial charge in [0, 0.05) is 34.8 Å². The van der Waals surface area contributed by atoms with Crippen LogP contribution in [0.4, 0.5) is 0 Å². The Labute approximate surface area is 217 Å². The first-order valence-electron chi connectivity index (χ1n) is 11.4. The summed E-state index contributed by atoms with van der Waals surface area (Å²) < 4.78 is 2.18. The lowest BCUT2D eigenvalue weighted by Crippen LogP contribution is -2.35. The van der Waals surface area contributed by atoms with E-state index in [2.05, 4.69) is 39.8 Å². The maximum atomic E-state index is 13.0. The van der Waals surface area contributed by atoms with Gasteiger partial charge in [-0.2, -0.15) is 15.1 Å². The molecule has 6 rings (SSSR count). The smallest absolute Gasteiger partial charge is 0.283 e. The highest BCUT2D eigenvalue weighted by molar-refractivity contribution is 8.27. The fraction of sp³-hybridized carbons (Fsp3) is 0.0714. The van der Waals surface area contributed by atoms with E-state index in [1.807, 2.05) is 54.7 Å². The van der Waals surface area contributed by atoms with Crippen molar-refractivity contribution < 1.29 is 4.79 Å². The third kappa shape index (κ3) is 3.86. The normalized spacial score (nSPS) is 16.5. The highest BCUT2D eigenvalue weighted by Crippen LogP contribution is 2.34. The second-order valence-electron chi connectivity index (χ2n) is 8.56. The minimum atomic E-state index is -0.454. The second-order valence-corrected chi connectivity index (χ2v) is 9.92. The molecule has 0 bridgehead atoms. The van der Waals surface area contributed by atoms with Crippen LogP contribution in [0.2, 0.25) is 5.02 Å². The van der Waals surface area contributed by atoms with Gasteiger partial charge < -0.3 is 4.57 Å². The molecule has 0 unspecified atom stereocenters. The Morgan fingerprint density at radius 3 is 2.61 bits per heavy atom. The van der Waals surface area contributed by atoms with E-state index in [-0.39, 0.29) is 11.4 Å². The molecule has 3 aromatic carbocycles. The van der Waals surface area contributed by atoms with Gasteiger partial charge in [0.2, 0.25) is 5.17 Å². The molecule has 6 nitrogen and oxygen atoms in total. The number of benzene rings is 3. The second kappa shape index (κ2) is 8.93. The summed E-state index contributed by atoms with van der Waals surface area (Å²) in [6.45, 7) is 2.81. The highest BCUT2D eigenvalue weighted by atomic mass is 35.5. The third-order valence-electron chi connectivity index (χ3n) is 6.28. The Balaban J connectivity index is 1.39. The summed E-state index contributed by atoms with van der Waals surface area (Å²) in [5, 5.41) is 17.3. The van der Waals surface area contributed by atoms with Crippen molar-refractivity contribution in [2.24, 2.45) is 10.1 Å². The van der Waals surface area contributed by atoms with Crippen LogP contribution in [0.25, 0.3) is 17.0 Å². The van der Waals surface area contributed by atoms with Gasteiger partial charge in [0.1, 0.15) is 5.04 Å². The number of nitrogens with zero attached hydrogens (tertiary/aromatic N) is 4. The van der Waals surface area contributed by atoms with Crippen LogP contribution in [0.5, 0.6) is 0 Å². The van der Waals surface area contributed by atoms with Crippen LogP contribution in [-0.4, -0.2) is 31.5 Å². The Bertz CT molecular complexity index is 1670. The summed E-state index contributed by atoms with van der Waals surface area (Å²) in [6.07, 6.45) is 3.77. The Morgan fingerprint density at radius 2 is 1.78 bits per heavy atom. The van der Waals surface area contributed by atoms with Gasteiger partial charge >= 0.3 is 0 Å². The molecule has 0 saturated carbocycles. The zero-order chi connectivity index (χ0) is 24.8. The molecule has 8 heteroatoms. The summed E-state index contributed by atoms with van der Waals surface area (Å²) in [5.74, 6) is -0.458.